The topological polar surface area (TPSA) is 105 Å². The van der Waals surface area contributed by atoms with Crippen LogP contribution in [0, 0.1) is 0 Å². The van der Waals surface area contributed by atoms with Crippen LogP contribution in [0.1, 0.15) is 24.2 Å². The van der Waals surface area contributed by atoms with E-state index in [1.54, 1.807) is 38.1 Å². The molecule has 0 fully saturated rings. The third kappa shape index (κ3) is 6.43. The molecule has 0 radical (unpaired) electrons. The summed E-state index contributed by atoms with van der Waals surface area (Å²) in [6, 6.07) is 21.9. The predicted octanol–water partition coefficient (Wildman–Crippen LogP) is 3.88. The van der Waals surface area contributed by atoms with Gasteiger partial charge in [0.15, 0.2) is 0 Å². The standard InChI is InChI=1S/C25H27N3O5S/c1-3-28(4-2)34(31,32)23-12-8-9-19(17-23)25(30)26-18-24(29)27-20-13-15-22(16-14-20)33-21-10-6-5-7-11-21/h5-17H,3-4,18H2,1-2H3,(H,26,30)(H,27,29). The highest BCUT2D eigenvalue weighted by molar-refractivity contribution is 7.89. The first-order valence-electron chi connectivity index (χ1n) is 10.8. The number of sulfonamides is 1. The van der Waals surface area contributed by atoms with E-state index in [-0.39, 0.29) is 17.0 Å². The Morgan fingerprint density at radius 1 is 0.853 bits per heavy atom. The van der Waals surface area contributed by atoms with Crippen LogP contribution in [0.25, 0.3) is 0 Å². The maximum absolute atomic E-state index is 12.7. The van der Waals surface area contributed by atoms with Crippen molar-refractivity contribution in [2.45, 2.75) is 18.7 Å². The number of ether oxygens (including phenoxy) is 1. The summed E-state index contributed by atoms with van der Waals surface area (Å²) in [5.41, 5.74) is 0.704. The lowest BCUT2D eigenvalue weighted by molar-refractivity contribution is -0.115. The number of nitrogens with one attached hydrogen (secondary N) is 2. The Hall–Kier alpha value is -3.69. The van der Waals surface area contributed by atoms with Gasteiger partial charge in [0.2, 0.25) is 15.9 Å². The zero-order valence-electron chi connectivity index (χ0n) is 19.0. The Balaban J connectivity index is 1.55. The summed E-state index contributed by atoms with van der Waals surface area (Å²) in [5, 5.41) is 5.21. The Morgan fingerprint density at radius 2 is 1.50 bits per heavy atom. The molecular formula is C25H27N3O5S. The number of carbonyl (C=O) groups is 2. The highest BCUT2D eigenvalue weighted by atomic mass is 32.2. The van der Waals surface area contributed by atoms with E-state index < -0.39 is 21.8 Å². The first-order chi connectivity index (χ1) is 16.3. The molecule has 34 heavy (non-hydrogen) atoms. The third-order valence-corrected chi connectivity index (χ3v) is 7.01. The lowest BCUT2D eigenvalue weighted by Gasteiger charge is -2.18. The van der Waals surface area contributed by atoms with E-state index in [1.807, 2.05) is 30.3 Å². The van der Waals surface area contributed by atoms with Crippen LogP contribution < -0.4 is 15.4 Å². The van der Waals surface area contributed by atoms with E-state index in [2.05, 4.69) is 10.6 Å². The fourth-order valence-corrected chi connectivity index (χ4v) is 4.71. The largest absolute Gasteiger partial charge is 0.457 e. The van der Waals surface area contributed by atoms with Crippen LogP contribution in [0.4, 0.5) is 5.69 Å². The summed E-state index contributed by atoms with van der Waals surface area (Å²) in [6.45, 7) is 3.89. The van der Waals surface area contributed by atoms with Gasteiger partial charge in [-0.2, -0.15) is 4.31 Å². The molecule has 2 amide bonds. The van der Waals surface area contributed by atoms with Gasteiger partial charge in [-0.15, -0.1) is 0 Å². The Morgan fingerprint density at radius 3 is 2.15 bits per heavy atom. The van der Waals surface area contributed by atoms with E-state index in [4.69, 9.17) is 4.74 Å². The molecule has 0 aliphatic heterocycles. The van der Waals surface area contributed by atoms with Crippen LogP contribution in [0.15, 0.2) is 83.8 Å². The van der Waals surface area contributed by atoms with E-state index >= 15 is 0 Å². The maximum atomic E-state index is 12.7. The van der Waals surface area contributed by atoms with Crippen molar-refractivity contribution in [3.8, 4) is 11.5 Å². The van der Waals surface area contributed by atoms with E-state index in [0.717, 1.165) is 0 Å². The van der Waals surface area contributed by atoms with Crippen molar-refractivity contribution in [2.24, 2.45) is 0 Å². The average Bonchev–Trinajstić information content (AvgIpc) is 2.85. The fraction of sp³-hybridized carbons (Fsp3) is 0.200. The van der Waals surface area contributed by atoms with Crippen LogP contribution >= 0.6 is 0 Å². The minimum Gasteiger partial charge on any atom is -0.457 e. The van der Waals surface area contributed by atoms with Crippen LogP contribution in [0.5, 0.6) is 11.5 Å². The first-order valence-corrected chi connectivity index (χ1v) is 12.3. The number of amides is 2. The quantitative estimate of drug-likeness (QED) is 0.457. The van der Waals surface area contributed by atoms with Crippen LogP contribution in [0.3, 0.4) is 0 Å². The maximum Gasteiger partial charge on any atom is 0.251 e. The zero-order chi connectivity index (χ0) is 24.6. The van der Waals surface area contributed by atoms with Gasteiger partial charge in [0, 0.05) is 24.3 Å². The molecule has 0 saturated heterocycles. The number of benzene rings is 3. The molecule has 3 aromatic carbocycles. The Labute approximate surface area is 199 Å². The van der Waals surface area contributed by atoms with Crippen molar-refractivity contribution in [3.63, 3.8) is 0 Å². The lowest BCUT2D eigenvalue weighted by atomic mass is 10.2. The third-order valence-electron chi connectivity index (χ3n) is 4.97. The van der Waals surface area contributed by atoms with Crippen molar-refractivity contribution in [3.05, 3.63) is 84.4 Å². The highest BCUT2D eigenvalue weighted by Crippen LogP contribution is 2.22. The van der Waals surface area contributed by atoms with Crippen LogP contribution in [-0.2, 0) is 14.8 Å². The SMILES string of the molecule is CCN(CC)S(=O)(=O)c1cccc(C(=O)NCC(=O)Nc2ccc(Oc3ccccc3)cc2)c1. The molecule has 3 rings (SSSR count). The highest BCUT2D eigenvalue weighted by Gasteiger charge is 2.22. The van der Waals surface area contributed by atoms with Gasteiger partial charge in [-0.3, -0.25) is 9.59 Å². The van der Waals surface area contributed by atoms with Gasteiger partial charge >= 0.3 is 0 Å². The van der Waals surface area contributed by atoms with Crippen molar-refractivity contribution in [2.75, 3.05) is 25.0 Å². The molecule has 8 nitrogen and oxygen atoms in total. The van der Waals surface area contributed by atoms with Crippen molar-refractivity contribution in [1.82, 2.24) is 9.62 Å². The molecule has 0 heterocycles. The molecule has 0 aliphatic carbocycles. The summed E-state index contributed by atoms with van der Waals surface area (Å²) in [4.78, 5) is 24.8. The minimum atomic E-state index is -3.69. The molecule has 9 heteroatoms. The number of para-hydroxylation sites is 1. The summed E-state index contributed by atoms with van der Waals surface area (Å²) in [6.07, 6.45) is 0. The van der Waals surface area contributed by atoms with Crippen molar-refractivity contribution < 1.29 is 22.7 Å². The molecule has 0 saturated carbocycles. The Kier molecular flexibility index (Phi) is 8.39. The number of hydrogen-bond acceptors (Lipinski definition) is 5. The Bertz CT molecular complexity index is 1220. The van der Waals surface area contributed by atoms with Gasteiger partial charge in [-0.05, 0) is 54.6 Å². The molecule has 0 unspecified atom stereocenters. The van der Waals surface area contributed by atoms with E-state index in [9.17, 15) is 18.0 Å². The van der Waals surface area contributed by atoms with Gasteiger partial charge in [0.05, 0.1) is 11.4 Å². The molecule has 3 aromatic rings. The summed E-state index contributed by atoms with van der Waals surface area (Å²) in [7, 11) is -3.69. The van der Waals surface area contributed by atoms with Gasteiger partial charge in [-0.1, -0.05) is 38.1 Å². The first kappa shape index (κ1) is 24.9. The average molecular weight is 482 g/mol. The van der Waals surface area contributed by atoms with Crippen molar-refractivity contribution in [1.29, 1.82) is 0 Å². The molecule has 0 atom stereocenters. The normalized spacial score (nSPS) is 11.1. The van der Waals surface area contributed by atoms with Gasteiger partial charge in [0.25, 0.3) is 5.91 Å². The molecule has 0 aromatic heterocycles. The number of carbonyl (C=O) groups excluding carboxylic acids is 2. The lowest BCUT2D eigenvalue weighted by Crippen LogP contribution is -2.33. The zero-order valence-corrected chi connectivity index (χ0v) is 19.8. The summed E-state index contributed by atoms with van der Waals surface area (Å²) >= 11 is 0. The number of nitrogens with zero attached hydrogens (tertiary/aromatic N) is 1. The van der Waals surface area contributed by atoms with Crippen LogP contribution in [-0.4, -0.2) is 44.2 Å². The number of hydrogen-bond donors (Lipinski definition) is 2. The number of rotatable bonds is 10. The van der Waals surface area contributed by atoms with Crippen molar-refractivity contribution >= 4 is 27.5 Å². The van der Waals surface area contributed by atoms with Gasteiger partial charge < -0.3 is 15.4 Å². The fourth-order valence-electron chi connectivity index (χ4n) is 3.21. The van der Waals surface area contributed by atoms with E-state index in [1.165, 1.54) is 28.6 Å². The minimum absolute atomic E-state index is 0.0334. The van der Waals surface area contributed by atoms with Gasteiger partial charge in [-0.25, -0.2) is 8.42 Å². The molecule has 2 N–H and O–H groups in total. The summed E-state index contributed by atoms with van der Waals surface area (Å²) in [5.74, 6) is 0.364. The molecule has 178 valence electrons. The van der Waals surface area contributed by atoms with E-state index in [0.29, 0.717) is 30.3 Å². The molecule has 0 bridgehead atoms. The second-order valence-corrected chi connectivity index (χ2v) is 9.23. The second kappa shape index (κ2) is 11.4. The second-order valence-electron chi connectivity index (χ2n) is 7.29. The number of anilines is 1. The molecule has 0 spiro atoms. The molecule has 0 aliphatic rings. The summed E-state index contributed by atoms with van der Waals surface area (Å²) < 4.78 is 32.4. The monoisotopic (exact) mass is 481 g/mol. The molecular weight excluding hydrogens is 454 g/mol. The smallest absolute Gasteiger partial charge is 0.251 e. The van der Waals surface area contributed by atoms with Crippen LogP contribution in [0.2, 0.25) is 0 Å². The predicted molar refractivity (Wildman–Crippen MR) is 130 cm³/mol. The van der Waals surface area contributed by atoms with Gasteiger partial charge in [0.1, 0.15) is 11.5 Å².